The van der Waals surface area contributed by atoms with E-state index in [2.05, 4.69) is 0 Å². The zero-order valence-electron chi connectivity index (χ0n) is 13.4. The number of nitrogens with zero attached hydrogens (tertiary/aromatic N) is 1. The third-order valence-corrected chi connectivity index (χ3v) is 4.65. The first-order valence-corrected chi connectivity index (χ1v) is 8.19. The highest BCUT2D eigenvalue weighted by atomic mass is 32.2. The Bertz CT molecular complexity index is 713. The van der Waals surface area contributed by atoms with Gasteiger partial charge in [0.1, 0.15) is 0 Å². The molecule has 6 heteroatoms. The molecule has 0 radical (unpaired) electrons. The monoisotopic (exact) mass is 339 g/mol. The molecule has 0 bridgehead atoms. The largest absolute Gasteiger partial charge is 0.383 e. The van der Waals surface area contributed by atoms with Gasteiger partial charge in [-0.05, 0) is 38.1 Å². The maximum absolute atomic E-state index is 13.2. The van der Waals surface area contributed by atoms with Crippen LogP contribution in [-0.4, -0.2) is 29.8 Å². The average Bonchev–Trinajstić information content (AvgIpc) is 2.81. The number of hydrogen-bond acceptors (Lipinski definition) is 3. The number of benzene rings is 1. The maximum atomic E-state index is 13.2. The predicted molar refractivity (Wildman–Crippen MR) is 87.2 cm³/mol. The fourth-order valence-corrected chi connectivity index (χ4v) is 3.21. The molecule has 0 saturated heterocycles. The summed E-state index contributed by atoms with van der Waals surface area (Å²) in [5.74, 6) is -1.64. The van der Waals surface area contributed by atoms with E-state index in [9.17, 15) is 13.6 Å². The summed E-state index contributed by atoms with van der Waals surface area (Å²) in [5.41, 5.74) is 2.56. The molecule has 0 fully saturated rings. The van der Waals surface area contributed by atoms with E-state index < -0.39 is 11.6 Å². The van der Waals surface area contributed by atoms with Gasteiger partial charge in [-0.1, -0.05) is 0 Å². The fraction of sp³-hybridized carbons (Fsp3) is 0.353. The van der Waals surface area contributed by atoms with Gasteiger partial charge >= 0.3 is 0 Å². The van der Waals surface area contributed by atoms with Crippen molar-refractivity contribution in [2.24, 2.45) is 0 Å². The van der Waals surface area contributed by atoms with E-state index in [-0.39, 0.29) is 11.5 Å². The molecule has 0 aliphatic rings. The SMILES string of the molecule is COCCn1c(C)cc(C(=O)CSc2ccc(F)c(F)c2)c1C. The summed E-state index contributed by atoms with van der Waals surface area (Å²) >= 11 is 1.20. The van der Waals surface area contributed by atoms with Crippen molar-refractivity contribution in [1.29, 1.82) is 0 Å². The molecule has 1 heterocycles. The second kappa shape index (κ2) is 7.75. The molecule has 3 nitrogen and oxygen atoms in total. The van der Waals surface area contributed by atoms with E-state index in [4.69, 9.17) is 4.74 Å². The molecule has 1 aromatic heterocycles. The molecule has 0 unspecified atom stereocenters. The highest BCUT2D eigenvalue weighted by molar-refractivity contribution is 8.00. The lowest BCUT2D eigenvalue weighted by molar-refractivity contribution is 0.102. The molecule has 0 amide bonds. The zero-order chi connectivity index (χ0) is 17.0. The molecule has 0 aliphatic heterocycles. The van der Waals surface area contributed by atoms with Crippen LogP contribution in [0.15, 0.2) is 29.2 Å². The number of methoxy groups -OCH3 is 1. The molecule has 2 rings (SSSR count). The van der Waals surface area contributed by atoms with Crippen molar-refractivity contribution < 1.29 is 18.3 Å². The third-order valence-electron chi connectivity index (χ3n) is 3.65. The van der Waals surface area contributed by atoms with Crippen LogP contribution in [0.2, 0.25) is 0 Å². The highest BCUT2D eigenvalue weighted by Gasteiger charge is 2.16. The van der Waals surface area contributed by atoms with Crippen LogP contribution >= 0.6 is 11.8 Å². The maximum Gasteiger partial charge on any atom is 0.174 e. The molecule has 23 heavy (non-hydrogen) atoms. The fourth-order valence-electron chi connectivity index (χ4n) is 2.40. The third kappa shape index (κ3) is 4.20. The van der Waals surface area contributed by atoms with Gasteiger partial charge in [-0.15, -0.1) is 11.8 Å². The van der Waals surface area contributed by atoms with Gasteiger partial charge in [-0.2, -0.15) is 0 Å². The quantitative estimate of drug-likeness (QED) is 0.564. The van der Waals surface area contributed by atoms with E-state index in [0.29, 0.717) is 23.6 Å². The lowest BCUT2D eigenvalue weighted by Crippen LogP contribution is -2.09. The zero-order valence-corrected chi connectivity index (χ0v) is 14.2. The summed E-state index contributed by atoms with van der Waals surface area (Å²) in [6, 6.07) is 5.51. The molecule has 0 saturated carbocycles. The van der Waals surface area contributed by atoms with Gasteiger partial charge < -0.3 is 9.30 Å². The van der Waals surface area contributed by atoms with Crippen LogP contribution in [0.25, 0.3) is 0 Å². The van der Waals surface area contributed by atoms with Crippen LogP contribution in [0.3, 0.4) is 0 Å². The minimum atomic E-state index is -0.903. The first kappa shape index (κ1) is 17.7. The van der Waals surface area contributed by atoms with E-state index in [1.54, 1.807) is 7.11 Å². The second-order valence-electron chi connectivity index (χ2n) is 5.22. The Morgan fingerprint density at radius 1 is 1.22 bits per heavy atom. The number of thioether (sulfide) groups is 1. The van der Waals surface area contributed by atoms with Crippen LogP contribution in [0.4, 0.5) is 8.78 Å². The molecule has 0 spiro atoms. The lowest BCUT2D eigenvalue weighted by atomic mass is 10.2. The molecule has 0 N–H and O–H groups in total. The average molecular weight is 339 g/mol. The highest BCUT2D eigenvalue weighted by Crippen LogP contribution is 2.23. The van der Waals surface area contributed by atoms with Crippen molar-refractivity contribution in [1.82, 2.24) is 4.57 Å². The van der Waals surface area contributed by atoms with Gasteiger partial charge in [-0.3, -0.25) is 4.79 Å². The first-order chi connectivity index (χ1) is 10.9. The Kier molecular flexibility index (Phi) is 5.96. The Hall–Kier alpha value is -1.66. The normalized spacial score (nSPS) is 11.0. The number of carbonyl (C=O) groups is 1. The molecule has 124 valence electrons. The van der Waals surface area contributed by atoms with Gasteiger partial charge in [0.15, 0.2) is 17.4 Å². The van der Waals surface area contributed by atoms with Crippen molar-refractivity contribution in [3.8, 4) is 0 Å². The number of carbonyl (C=O) groups excluding carboxylic acids is 1. The summed E-state index contributed by atoms with van der Waals surface area (Å²) in [4.78, 5) is 12.9. The standard InChI is InChI=1S/C17H19F2NO2S/c1-11-8-14(12(2)20(11)6-7-22-3)17(21)10-23-13-4-5-15(18)16(19)9-13/h4-5,8-9H,6-7,10H2,1-3H3. The van der Waals surface area contributed by atoms with Crippen molar-refractivity contribution in [3.05, 3.63) is 52.9 Å². The summed E-state index contributed by atoms with van der Waals surface area (Å²) in [6.45, 7) is 5.12. The van der Waals surface area contributed by atoms with Crippen molar-refractivity contribution in [2.75, 3.05) is 19.5 Å². The smallest absolute Gasteiger partial charge is 0.174 e. The van der Waals surface area contributed by atoms with Crippen molar-refractivity contribution >= 4 is 17.5 Å². The molecular formula is C17H19F2NO2S. The minimum Gasteiger partial charge on any atom is -0.383 e. The Balaban J connectivity index is 2.07. The van der Waals surface area contributed by atoms with Gasteiger partial charge in [0, 0.05) is 35.5 Å². The van der Waals surface area contributed by atoms with Crippen LogP contribution in [0.1, 0.15) is 21.7 Å². The molecule has 0 atom stereocenters. The van der Waals surface area contributed by atoms with E-state index in [1.165, 1.54) is 17.8 Å². The molecular weight excluding hydrogens is 320 g/mol. The van der Waals surface area contributed by atoms with Crippen LogP contribution in [0, 0.1) is 25.5 Å². The number of Topliss-reactive ketones (excluding diaryl/α,β-unsaturated/α-hetero) is 1. The van der Waals surface area contributed by atoms with Gasteiger partial charge in [0.05, 0.1) is 12.4 Å². The van der Waals surface area contributed by atoms with E-state index in [1.807, 2.05) is 24.5 Å². The Morgan fingerprint density at radius 3 is 2.61 bits per heavy atom. The minimum absolute atomic E-state index is 0.0310. The molecule has 0 aliphatic carbocycles. The molecule has 1 aromatic carbocycles. The number of halogens is 2. The van der Waals surface area contributed by atoms with Crippen molar-refractivity contribution in [2.45, 2.75) is 25.3 Å². The van der Waals surface area contributed by atoms with E-state index >= 15 is 0 Å². The van der Waals surface area contributed by atoms with Crippen LogP contribution in [0.5, 0.6) is 0 Å². The number of ketones is 1. The van der Waals surface area contributed by atoms with Gasteiger partial charge in [0.25, 0.3) is 0 Å². The Morgan fingerprint density at radius 2 is 1.96 bits per heavy atom. The Labute approximate surface area is 138 Å². The van der Waals surface area contributed by atoms with Gasteiger partial charge in [0.2, 0.25) is 0 Å². The predicted octanol–water partition coefficient (Wildman–Crippen LogP) is 4.00. The van der Waals surface area contributed by atoms with Crippen LogP contribution < -0.4 is 0 Å². The summed E-state index contributed by atoms with van der Waals surface area (Å²) in [5, 5.41) is 0. The molecule has 2 aromatic rings. The number of rotatable bonds is 7. The second-order valence-corrected chi connectivity index (χ2v) is 6.27. The lowest BCUT2D eigenvalue weighted by Gasteiger charge is -2.08. The topological polar surface area (TPSA) is 31.2 Å². The number of aromatic nitrogens is 1. The summed E-state index contributed by atoms with van der Waals surface area (Å²) < 4.78 is 33.2. The van der Waals surface area contributed by atoms with Crippen LogP contribution in [-0.2, 0) is 11.3 Å². The number of hydrogen-bond donors (Lipinski definition) is 0. The first-order valence-electron chi connectivity index (χ1n) is 7.20. The van der Waals surface area contributed by atoms with Gasteiger partial charge in [-0.25, -0.2) is 8.78 Å². The van der Waals surface area contributed by atoms with E-state index in [0.717, 1.165) is 23.5 Å². The number of ether oxygens (including phenoxy) is 1. The summed E-state index contributed by atoms with van der Waals surface area (Å²) in [6.07, 6.45) is 0. The summed E-state index contributed by atoms with van der Waals surface area (Å²) in [7, 11) is 1.64. The van der Waals surface area contributed by atoms with Crippen molar-refractivity contribution in [3.63, 3.8) is 0 Å². The number of aryl methyl sites for hydroxylation is 1.